The van der Waals surface area contributed by atoms with Gasteiger partial charge in [-0.15, -0.1) is 10.2 Å². The summed E-state index contributed by atoms with van der Waals surface area (Å²) in [6.45, 7) is 1.95. The average molecular weight is 416 g/mol. The van der Waals surface area contributed by atoms with Crippen LogP contribution in [0.4, 0.5) is 0 Å². The summed E-state index contributed by atoms with van der Waals surface area (Å²) >= 11 is 3.17. The average Bonchev–Trinajstić information content (AvgIpc) is 3.25. The van der Waals surface area contributed by atoms with E-state index in [1.54, 1.807) is 23.1 Å². The first-order chi connectivity index (χ1) is 13.7. The molecule has 4 rings (SSSR count). The molecular weight excluding hydrogens is 390 g/mol. The maximum absolute atomic E-state index is 13.1. The first-order valence-corrected chi connectivity index (χ1v) is 11.7. The number of nitrogens with one attached hydrogen (secondary N) is 1. The molecule has 148 valence electrons. The molecule has 1 saturated carbocycles. The van der Waals surface area contributed by atoms with Crippen molar-refractivity contribution in [2.24, 2.45) is 0 Å². The fourth-order valence-electron chi connectivity index (χ4n) is 3.75. The van der Waals surface area contributed by atoms with Crippen molar-refractivity contribution in [3.05, 3.63) is 40.6 Å². The molecule has 1 aliphatic rings. The highest BCUT2D eigenvalue weighted by Crippen LogP contribution is 2.33. The van der Waals surface area contributed by atoms with E-state index < -0.39 is 0 Å². The minimum absolute atomic E-state index is 0.0918. The van der Waals surface area contributed by atoms with Crippen molar-refractivity contribution in [3.63, 3.8) is 0 Å². The van der Waals surface area contributed by atoms with Gasteiger partial charge in [0, 0.05) is 22.7 Å². The zero-order valence-electron chi connectivity index (χ0n) is 16.1. The first-order valence-electron chi connectivity index (χ1n) is 9.95. The van der Waals surface area contributed by atoms with Crippen LogP contribution in [0.2, 0.25) is 0 Å². The predicted molar refractivity (Wildman–Crippen MR) is 114 cm³/mol. The van der Waals surface area contributed by atoms with Gasteiger partial charge >= 0.3 is 0 Å². The molecule has 1 aliphatic carbocycles. The van der Waals surface area contributed by atoms with E-state index in [1.165, 1.54) is 32.1 Å². The molecule has 0 spiro atoms. The van der Waals surface area contributed by atoms with Gasteiger partial charge in [0.1, 0.15) is 10.6 Å². The predicted octanol–water partition coefficient (Wildman–Crippen LogP) is 5.73. The maximum Gasteiger partial charge on any atom is 0.287 e. The van der Waals surface area contributed by atoms with E-state index in [4.69, 9.17) is 4.42 Å². The normalized spacial score (nSPS) is 16.0. The number of aromatic nitrogens is 2. The van der Waals surface area contributed by atoms with Crippen molar-refractivity contribution < 1.29 is 9.21 Å². The van der Waals surface area contributed by atoms with Crippen molar-refractivity contribution in [1.82, 2.24) is 15.5 Å². The van der Waals surface area contributed by atoms with E-state index in [1.807, 2.05) is 31.2 Å². The number of aryl methyl sites for hydroxylation is 1. The number of benzene rings is 1. The molecular formula is C21H25N3O2S2. The lowest BCUT2D eigenvalue weighted by molar-refractivity contribution is 0.0903. The summed E-state index contributed by atoms with van der Waals surface area (Å²) in [5.41, 5.74) is 1.70. The monoisotopic (exact) mass is 415 g/mol. The summed E-state index contributed by atoms with van der Waals surface area (Å²) in [6.07, 6.45) is 8.33. The Morgan fingerprint density at radius 1 is 1.18 bits per heavy atom. The van der Waals surface area contributed by atoms with E-state index in [-0.39, 0.29) is 11.9 Å². The molecule has 28 heavy (non-hydrogen) atoms. The van der Waals surface area contributed by atoms with Crippen molar-refractivity contribution in [2.45, 2.75) is 68.0 Å². The highest BCUT2D eigenvalue weighted by atomic mass is 32.2. The summed E-state index contributed by atoms with van der Waals surface area (Å²) in [5.74, 6) is 0.988. The Balaban J connectivity index is 1.55. The number of fused-ring (bicyclic) bond motifs is 1. The Kier molecular flexibility index (Phi) is 6.32. The highest BCUT2D eigenvalue weighted by Gasteiger charge is 2.23. The molecule has 3 aromatic rings. The third-order valence-corrected chi connectivity index (χ3v) is 7.19. The van der Waals surface area contributed by atoms with Gasteiger partial charge in [0.15, 0.2) is 10.1 Å². The molecule has 5 nitrogen and oxygen atoms in total. The molecule has 0 aliphatic heterocycles. The van der Waals surface area contributed by atoms with Gasteiger partial charge in [0.05, 0.1) is 0 Å². The molecule has 1 fully saturated rings. The molecule has 1 amide bonds. The van der Waals surface area contributed by atoms with E-state index in [2.05, 4.69) is 15.5 Å². The van der Waals surface area contributed by atoms with E-state index in [9.17, 15) is 4.79 Å². The van der Waals surface area contributed by atoms with Gasteiger partial charge < -0.3 is 9.73 Å². The third-order valence-electron chi connectivity index (χ3n) is 5.19. The molecule has 0 unspecified atom stereocenters. The van der Waals surface area contributed by atoms with Crippen LogP contribution in [0, 0.1) is 6.92 Å². The van der Waals surface area contributed by atoms with Gasteiger partial charge in [-0.25, -0.2) is 0 Å². The molecule has 0 saturated heterocycles. The van der Waals surface area contributed by atoms with Crippen molar-refractivity contribution in [1.29, 1.82) is 0 Å². The lowest BCUT2D eigenvalue weighted by Gasteiger charge is -2.20. The molecule has 0 radical (unpaired) electrons. The van der Waals surface area contributed by atoms with Gasteiger partial charge in [0.2, 0.25) is 0 Å². The number of hydrogen-bond acceptors (Lipinski definition) is 6. The maximum atomic E-state index is 13.1. The van der Waals surface area contributed by atoms with Crippen LogP contribution < -0.4 is 5.32 Å². The highest BCUT2D eigenvalue weighted by molar-refractivity contribution is 8.00. The van der Waals surface area contributed by atoms with Crippen molar-refractivity contribution in [2.75, 3.05) is 0 Å². The zero-order chi connectivity index (χ0) is 19.3. The number of para-hydroxylation sites is 1. The number of amides is 1. The van der Waals surface area contributed by atoms with E-state index >= 15 is 0 Å². The molecule has 1 N–H and O–H groups in total. The largest absolute Gasteiger partial charge is 0.451 e. The Labute approximate surface area is 173 Å². The number of carbonyl (C=O) groups is 1. The molecule has 0 bridgehead atoms. The quantitative estimate of drug-likeness (QED) is 0.539. The lowest BCUT2D eigenvalue weighted by Crippen LogP contribution is -2.35. The van der Waals surface area contributed by atoms with Gasteiger partial charge in [0.25, 0.3) is 5.91 Å². The topological polar surface area (TPSA) is 68.0 Å². The van der Waals surface area contributed by atoms with Gasteiger partial charge in [-0.2, -0.15) is 0 Å². The number of thioether (sulfide) groups is 1. The van der Waals surface area contributed by atoms with Crippen LogP contribution in [0.3, 0.4) is 0 Å². The number of furan rings is 1. The lowest BCUT2D eigenvalue weighted by atomic mass is 9.96. The summed E-state index contributed by atoms with van der Waals surface area (Å²) in [7, 11) is 0. The minimum atomic E-state index is -0.0918. The fraction of sp³-hybridized carbons (Fsp3) is 0.476. The van der Waals surface area contributed by atoms with Gasteiger partial charge in [-0.3, -0.25) is 4.79 Å². The minimum Gasteiger partial charge on any atom is -0.451 e. The van der Waals surface area contributed by atoms with Crippen LogP contribution in [0.1, 0.15) is 66.1 Å². The summed E-state index contributed by atoms with van der Waals surface area (Å²) in [5, 5.41) is 13.4. The third kappa shape index (κ3) is 4.58. The second-order valence-electron chi connectivity index (χ2n) is 7.30. The van der Waals surface area contributed by atoms with E-state index in [0.717, 1.165) is 38.7 Å². The second-order valence-corrected chi connectivity index (χ2v) is 9.70. The number of rotatable bonds is 5. The molecule has 2 aromatic heterocycles. The van der Waals surface area contributed by atoms with Crippen LogP contribution in [0.5, 0.6) is 0 Å². The Morgan fingerprint density at radius 3 is 2.68 bits per heavy atom. The zero-order valence-corrected chi connectivity index (χ0v) is 17.7. The number of hydrogen-bond donors (Lipinski definition) is 1. The molecule has 0 atom stereocenters. The number of carbonyl (C=O) groups excluding carboxylic acids is 1. The molecule has 7 heteroatoms. The fourth-order valence-corrected chi connectivity index (χ4v) is 5.59. The van der Waals surface area contributed by atoms with Crippen molar-refractivity contribution in [3.8, 4) is 0 Å². The Morgan fingerprint density at radius 2 is 1.93 bits per heavy atom. The Hall–Kier alpha value is -1.86. The van der Waals surface area contributed by atoms with Gasteiger partial charge in [-0.05, 0) is 25.8 Å². The van der Waals surface area contributed by atoms with Crippen LogP contribution in [0.15, 0.2) is 33.0 Å². The Bertz CT molecular complexity index is 942. The molecule has 2 heterocycles. The smallest absolute Gasteiger partial charge is 0.287 e. The van der Waals surface area contributed by atoms with Gasteiger partial charge in [-0.1, -0.05) is 73.4 Å². The van der Waals surface area contributed by atoms with Crippen LogP contribution in [-0.2, 0) is 5.75 Å². The summed E-state index contributed by atoms with van der Waals surface area (Å²) in [6, 6.07) is 8.11. The summed E-state index contributed by atoms with van der Waals surface area (Å²) < 4.78 is 6.91. The van der Waals surface area contributed by atoms with E-state index in [0.29, 0.717) is 11.5 Å². The summed E-state index contributed by atoms with van der Waals surface area (Å²) in [4.78, 5) is 13.1. The standard InChI is InChI=1S/C21H25N3O2S2/c1-14-23-24-21(28-14)27-13-17-16-11-7-8-12-18(16)26-19(17)20(25)22-15-9-5-3-2-4-6-10-15/h7-8,11-12,15H,2-6,9-10,13H2,1H3,(H,22,25). The first kappa shape index (κ1) is 19.5. The van der Waals surface area contributed by atoms with Crippen LogP contribution >= 0.6 is 23.1 Å². The van der Waals surface area contributed by atoms with Crippen LogP contribution in [0.25, 0.3) is 11.0 Å². The van der Waals surface area contributed by atoms with Crippen molar-refractivity contribution >= 4 is 40.0 Å². The molecule has 1 aromatic carbocycles. The number of nitrogens with zero attached hydrogens (tertiary/aromatic N) is 2. The second kappa shape index (κ2) is 9.09. The van der Waals surface area contributed by atoms with Crippen LogP contribution in [-0.4, -0.2) is 22.1 Å². The SMILES string of the molecule is Cc1nnc(SCc2c(C(=O)NC3CCCCCCC3)oc3ccccc23)s1.